The molecule has 1 atom stereocenters. The second kappa shape index (κ2) is 7.24. The lowest BCUT2D eigenvalue weighted by atomic mass is 9.96. The molecular weight excluding hydrogens is 240 g/mol. The third-order valence-electron chi connectivity index (χ3n) is 3.65. The predicted molar refractivity (Wildman–Crippen MR) is 78.4 cm³/mol. The summed E-state index contributed by atoms with van der Waals surface area (Å²) in [5.41, 5.74) is 2.12. The smallest absolute Gasteiger partial charge is 0.272 e. The minimum atomic E-state index is -0.290. The molecule has 0 radical (unpaired) electrons. The van der Waals surface area contributed by atoms with Gasteiger partial charge in [0.05, 0.1) is 4.92 Å². The highest BCUT2D eigenvalue weighted by molar-refractivity contribution is 5.45. The molecule has 0 heterocycles. The number of nitrogens with zero attached hydrogens (tertiary/aromatic N) is 2. The summed E-state index contributed by atoms with van der Waals surface area (Å²) in [6.45, 7) is 10.3. The zero-order valence-corrected chi connectivity index (χ0v) is 12.3. The maximum Gasteiger partial charge on any atom is 0.272 e. The number of nitro benzene ring substituents is 1. The Morgan fingerprint density at radius 1 is 1.32 bits per heavy atom. The van der Waals surface area contributed by atoms with Crippen LogP contribution in [0.4, 0.5) is 5.69 Å². The highest BCUT2D eigenvalue weighted by atomic mass is 16.6. The molecule has 1 rings (SSSR count). The summed E-state index contributed by atoms with van der Waals surface area (Å²) >= 11 is 0. The quantitative estimate of drug-likeness (QED) is 0.550. The van der Waals surface area contributed by atoms with Crippen LogP contribution in [0.3, 0.4) is 0 Å². The van der Waals surface area contributed by atoms with Gasteiger partial charge in [0.15, 0.2) is 0 Å². The minimum absolute atomic E-state index is 0.225. The van der Waals surface area contributed by atoms with E-state index in [2.05, 4.69) is 25.7 Å². The van der Waals surface area contributed by atoms with Gasteiger partial charge in [0.25, 0.3) is 5.69 Å². The average molecular weight is 264 g/mol. The van der Waals surface area contributed by atoms with Crippen LogP contribution in [-0.4, -0.2) is 22.9 Å². The van der Waals surface area contributed by atoms with E-state index in [-0.39, 0.29) is 16.7 Å². The van der Waals surface area contributed by atoms with E-state index < -0.39 is 0 Å². The van der Waals surface area contributed by atoms with Crippen LogP contribution >= 0.6 is 0 Å². The summed E-state index contributed by atoms with van der Waals surface area (Å²) in [5, 5.41) is 11.0. The lowest BCUT2D eigenvalue weighted by Crippen LogP contribution is -2.29. The van der Waals surface area contributed by atoms with Gasteiger partial charge in [-0.3, -0.25) is 15.0 Å². The molecule has 0 saturated heterocycles. The summed E-state index contributed by atoms with van der Waals surface area (Å²) < 4.78 is 0. The van der Waals surface area contributed by atoms with Gasteiger partial charge in [-0.15, -0.1) is 0 Å². The number of benzene rings is 1. The van der Waals surface area contributed by atoms with Gasteiger partial charge in [-0.2, -0.15) is 0 Å². The Labute approximate surface area is 115 Å². The van der Waals surface area contributed by atoms with Crippen molar-refractivity contribution in [3.8, 4) is 0 Å². The standard InChI is InChI=1S/C15H24N2O2/c1-5-11-16(7-3)14(6-2)13-9-8-10-15(12(13)4)17(18)19/h8-10,14H,5-7,11H2,1-4H3. The Bertz CT molecular complexity index is 432. The van der Waals surface area contributed by atoms with E-state index in [1.165, 1.54) is 0 Å². The van der Waals surface area contributed by atoms with E-state index in [0.29, 0.717) is 0 Å². The monoisotopic (exact) mass is 264 g/mol. The molecule has 1 aromatic carbocycles. The minimum Gasteiger partial charge on any atom is -0.297 e. The highest BCUT2D eigenvalue weighted by Gasteiger charge is 2.22. The Morgan fingerprint density at radius 3 is 2.47 bits per heavy atom. The maximum atomic E-state index is 11.0. The highest BCUT2D eigenvalue weighted by Crippen LogP contribution is 2.31. The van der Waals surface area contributed by atoms with Crippen LogP contribution in [-0.2, 0) is 0 Å². The third kappa shape index (κ3) is 3.53. The van der Waals surface area contributed by atoms with Gasteiger partial charge in [-0.05, 0) is 38.4 Å². The van der Waals surface area contributed by atoms with Gasteiger partial charge in [-0.1, -0.05) is 32.9 Å². The molecule has 0 bridgehead atoms. The molecule has 0 saturated carbocycles. The molecule has 106 valence electrons. The molecule has 0 aliphatic rings. The third-order valence-corrected chi connectivity index (χ3v) is 3.65. The Kier molecular flexibility index (Phi) is 5.96. The van der Waals surface area contributed by atoms with Gasteiger partial charge in [-0.25, -0.2) is 0 Å². The topological polar surface area (TPSA) is 46.4 Å². The zero-order chi connectivity index (χ0) is 14.4. The fraction of sp³-hybridized carbons (Fsp3) is 0.600. The van der Waals surface area contributed by atoms with Crippen LogP contribution < -0.4 is 0 Å². The Morgan fingerprint density at radius 2 is 2.00 bits per heavy atom. The molecule has 0 aliphatic carbocycles. The number of hydrogen-bond donors (Lipinski definition) is 0. The first-order valence-corrected chi connectivity index (χ1v) is 7.04. The largest absolute Gasteiger partial charge is 0.297 e. The molecule has 4 heteroatoms. The summed E-state index contributed by atoms with van der Waals surface area (Å²) in [7, 11) is 0. The molecule has 0 aliphatic heterocycles. The van der Waals surface area contributed by atoms with E-state index in [0.717, 1.165) is 37.1 Å². The lowest BCUT2D eigenvalue weighted by molar-refractivity contribution is -0.385. The summed E-state index contributed by atoms with van der Waals surface area (Å²) in [4.78, 5) is 13.1. The first-order valence-electron chi connectivity index (χ1n) is 7.04. The number of nitro groups is 1. The molecule has 0 fully saturated rings. The summed E-state index contributed by atoms with van der Waals surface area (Å²) in [6, 6.07) is 5.67. The second-order valence-electron chi connectivity index (χ2n) is 4.80. The van der Waals surface area contributed by atoms with Crippen LogP contribution in [0.2, 0.25) is 0 Å². The van der Waals surface area contributed by atoms with Crippen molar-refractivity contribution in [2.75, 3.05) is 13.1 Å². The predicted octanol–water partition coefficient (Wildman–Crippen LogP) is 4.09. The zero-order valence-electron chi connectivity index (χ0n) is 12.3. The molecule has 0 N–H and O–H groups in total. The van der Waals surface area contributed by atoms with Gasteiger partial charge in [0, 0.05) is 17.7 Å². The van der Waals surface area contributed by atoms with Crippen molar-refractivity contribution in [1.29, 1.82) is 0 Å². The van der Waals surface area contributed by atoms with E-state index in [1.807, 2.05) is 13.0 Å². The number of rotatable bonds is 7. The molecule has 0 amide bonds. The summed E-state index contributed by atoms with van der Waals surface area (Å²) in [6.07, 6.45) is 2.06. The van der Waals surface area contributed by atoms with Gasteiger partial charge < -0.3 is 0 Å². The SMILES string of the molecule is CCCN(CC)C(CC)c1cccc([N+](=O)[O-])c1C. The first kappa shape index (κ1) is 15.6. The molecular formula is C15H24N2O2. The number of hydrogen-bond acceptors (Lipinski definition) is 3. The van der Waals surface area contributed by atoms with Gasteiger partial charge in [0.1, 0.15) is 0 Å². The Hall–Kier alpha value is -1.42. The van der Waals surface area contributed by atoms with Crippen LogP contribution in [0.25, 0.3) is 0 Å². The molecule has 0 aromatic heterocycles. The van der Waals surface area contributed by atoms with Crippen molar-refractivity contribution in [2.24, 2.45) is 0 Å². The fourth-order valence-electron chi connectivity index (χ4n) is 2.70. The molecule has 4 nitrogen and oxygen atoms in total. The van der Waals surface area contributed by atoms with E-state index in [9.17, 15) is 10.1 Å². The van der Waals surface area contributed by atoms with Crippen molar-refractivity contribution in [1.82, 2.24) is 4.90 Å². The summed E-state index contributed by atoms with van der Waals surface area (Å²) in [5.74, 6) is 0. The van der Waals surface area contributed by atoms with Crippen LogP contribution in [0, 0.1) is 17.0 Å². The second-order valence-corrected chi connectivity index (χ2v) is 4.80. The molecule has 1 unspecified atom stereocenters. The molecule has 0 spiro atoms. The van der Waals surface area contributed by atoms with Crippen LogP contribution in [0.1, 0.15) is 50.8 Å². The van der Waals surface area contributed by atoms with Crippen molar-refractivity contribution in [2.45, 2.75) is 46.6 Å². The van der Waals surface area contributed by atoms with Crippen molar-refractivity contribution < 1.29 is 4.92 Å². The van der Waals surface area contributed by atoms with Crippen molar-refractivity contribution >= 4 is 5.69 Å². The maximum absolute atomic E-state index is 11.0. The van der Waals surface area contributed by atoms with E-state index in [1.54, 1.807) is 12.1 Å². The van der Waals surface area contributed by atoms with E-state index >= 15 is 0 Å². The lowest BCUT2D eigenvalue weighted by Gasteiger charge is -2.31. The average Bonchev–Trinajstić information content (AvgIpc) is 2.39. The molecule has 19 heavy (non-hydrogen) atoms. The van der Waals surface area contributed by atoms with Crippen molar-refractivity contribution in [3.05, 3.63) is 39.4 Å². The van der Waals surface area contributed by atoms with Gasteiger partial charge in [0.2, 0.25) is 0 Å². The van der Waals surface area contributed by atoms with Crippen molar-refractivity contribution in [3.63, 3.8) is 0 Å². The fourth-order valence-corrected chi connectivity index (χ4v) is 2.70. The van der Waals surface area contributed by atoms with Crippen LogP contribution in [0.15, 0.2) is 18.2 Å². The van der Waals surface area contributed by atoms with Gasteiger partial charge >= 0.3 is 0 Å². The van der Waals surface area contributed by atoms with Crippen LogP contribution in [0.5, 0.6) is 0 Å². The Balaban J connectivity index is 3.17. The normalized spacial score (nSPS) is 12.7. The molecule has 1 aromatic rings. The van der Waals surface area contributed by atoms with E-state index in [4.69, 9.17) is 0 Å². The first-order chi connectivity index (χ1) is 9.06.